The summed E-state index contributed by atoms with van der Waals surface area (Å²) in [6.45, 7) is 5.50. The van der Waals surface area contributed by atoms with Crippen LogP contribution in [0.4, 0.5) is 0 Å². The van der Waals surface area contributed by atoms with Crippen molar-refractivity contribution in [3.05, 3.63) is 36.5 Å². The molecule has 1 unspecified atom stereocenters. The molecule has 2 amide bonds. The maximum absolute atomic E-state index is 11.6. The lowest BCUT2D eigenvalue weighted by Gasteiger charge is -2.21. The Morgan fingerprint density at radius 1 is 1.53 bits per heavy atom. The molecule has 1 saturated heterocycles. The van der Waals surface area contributed by atoms with E-state index in [-0.39, 0.29) is 17.7 Å². The summed E-state index contributed by atoms with van der Waals surface area (Å²) in [4.78, 5) is 22.5. The molecular formula is C12H15NO2. The molecular weight excluding hydrogens is 190 g/mol. The number of amides is 2. The zero-order valence-corrected chi connectivity index (χ0v) is 8.82. The first-order valence-corrected chi connectivity index (χ1v) is 4.98. The van der Waals surface area contributed by atoms with Crippen molar-refractivity contribution in [3.63, 3.8) is 0 Å². The standard InChI is InChI=1S/C12H15NO2/c1-3-5-9(6-4-2)10-7-8-11(14)13-12(10)15/h3-6,10H,1,7-8H2,2H3,(H,13,14,15)/b6-4-,9-5+. The highest BCUT2D eigenvalue weighted by Crippen LogP contribution is 2.22. The van der Waals surface area contributed by atoms with Crippen molar-refractivity contribution < 1.29 is 9.59 Å². The molecule has 1 aliphatic rings. The van der Waals surface area contributed by atoms with E-state index in [9.17, 15) is 9.59 Å². The molecule has 0 aliphatic carbocycles. The number of carbonyl (C=O) groups excluding carboxylic acids is 2. The number of imide groups is 1. The summed E-state index contributed by atoms with van der Waals surface area (Å²) in [5.41, 5.74) is 0.900. The van der Waals surface area contributed by atoms with Gasteiger partial charge in [-0.15, -0.1) is 0 Å². The van der Waals surface area contributed by atoms with Crippen LogP contribution in [0, 0.1) is 5.92 Å². The fourth-order valence-electron chi connectivity index (χ4n) is 1.63. The average molecular weight is 205 g/mol. The minimum atomic E-state index is -0.225. The lowest BCUT2D eigenvalue weighted by molar-refractivity contribution is -0.135. The van der Waals surface area contributed by atoms with Gasteiger partial charge < -0.3 is 0 Å². The predicted molar refractivity (Wildman–Crippen MR) is 59.0 cm³/mol. The zero-order valence-electron chi connectivity index (χ0n) is 8.82. The second-order valence-corrected chi connectivity index (χ2v) is 3.41. The monoisotopic (exact) mass is 205 g/mol. The molecule has 0 aromatic carbocycles. The third-order valence-corrected chi connectivity index (χ3v) is 2.31. The van der Waals surface area contributed by atoms with E-state index in [0.29, 0.717) is 12.8 Å². The molecule has 0 spiro atoms. The molecule has 1 aliphatic heterocycles. The Kier molecular flexibility index (Phi) is 4.03. The molecule has 3 nitrogen and oxygen atoms in total. The first-order chi connectivity index (χ1) is 7.19. The van der Waals surface area contributed by atoms with Crippen molar-refractivity contribution in [2.45, 2.75) is 19.8 Å². The molecule has 0 radical (unpaired) electrons. The van der Waals surface area contributed by atoms with Gasteiger partial charge in [0.25, 0.3) is 0 Å². The highest BCUT2D eigenvalue weighted by molar-refractivity contribution is 6.00. The summed E-state index contributed by atoms with van der Waals surface area (Å²) in [6.07, 6.45) is 8.19. The highest BCUT2D eigenvalue weighted by Gasteiger charge is 2.27. The third-order valence-electron chi connectivity index (χ3n) is 2.31. The second-order valence-electron chi connectivity index (χ2n) is 3.41. The quantitative estimate of drug-likeness (QED) is 0.563. The van der Waals surface area contributed by atoms with E-state index in [4.69, 9.17) is 0 Å². The van der Waals surface area contributed by atoms with Gasteiger partial charge in [-0.2, -0.15) is 0 Å². The highest BCUT2D eigenvalue weighted by atomic mass is 16.2. The zero-order chi connectivity index (χ0) is 11.3. The maximum atomic E-state index is 11.6. The van der Waals surface area contributed by atoms with Crippen LogP contribution < -0.4 is 5.32 Å². The molecule has 1 N–H and O–H groups in total. The van der Waals surface area contributed by atoms with Crippen molar-refractivity contribution in [2.24, 2.45) is 5.92 Å². The molecule has 1 rings (SSSR count). The minimum Gasteiger partial charge on any atom is -0.296 e. The van der Waals surface area contributed by atoms with Crippen LogP contribution in [-0.2, 0) is 9.59 Å². The van der Waals surface area contributed by atoms with Crippen molar-refractivity contribution in [3.8, 4) is 0 Å². The summed E-state index contributed by atoms with van der Waals surface area (Å²) in [5.74, 6) is -0.621. The largest absolute Gasteiger partial charge is 0.296 e. The summed E-state index contributed by atoms with van der Waals surface area (Å²) in [5, 5.41) is 2.34. The van der Waals surface area contributed by atoms with Crippen LogP contribution >= 0.6 is 0 Å². The van der Waals surface area contributed by atoms with Crippen LogP contribution in [0.2, 0.25) is 0 Å². The SMILES string of the molecule is C=C/C=C(\C=C/C)C1CCC(=O)NC1=O. The number of allylic oxidation sites excluding steroid dienone is 4. The van der Waals surface area contributed by atoms with Gasteiger partial charge in [0, 0.05) is 6.42 Å². The number of nitrogens with one attached hydrogen (secondary N) is 1. The Morgan fingerprint density at radius 2 is 2.27 bits per heavy atom. The normalized spacial score (nSPS) is 23.0. The number of hydrogen-bond donors (Lipinski definition) is 1. The van der Waals surface area contributed by atoms with Gasteiger partial charge in [0.1, 0.15) is 0 Å². The van der Waals surface area contributed by atoms with Crippen LogP contribution in [0.15, 0.2) is 36.5 Å². The second kappa shape index (κ2) is 5.29. The van der Waals surface area contributed by atoms with Crippen LogP contribution in [0.1, 0.15) is 19.8 Å². The Balaban J connectivity index is 2.85. The third kappa shape index (κ3) is 2.91. The van der Waals surface area contributed by atoms with Gasteiger partial charge in [-0.1, -0.05) is 30.9 Å². The van der Waals surface area contributed by atoms with Crippen LogP contribution in [0.3, 0.4) is 0 Å². The fraction of sp³-hybridized carbons (Fsp3) is 0.333. The molecule has 0 aromatic rings. The molecule has 0 aromatic heterocycles. The van der Waals surface area contributed by atoms with Crippen LogP contribution in [0.5, 0.6) is 0 Å². The van der Waals surface area contributed by atoms with Crippen molar-refractivity contribution >= 4 is 11.8 Å². The minimum absolute atomic E-state index is 0.185. The molecule has 0 bridgehead atoms. The van der Waals surface area contributed by atoms with Gasteiger partial charge in [0.05, 0.1) is 5.92 Å². The average Bonchev–Trinajstić information content (AvgIpc) is 2.17. The summed E-state index contributed by atoms with van der Waals surface area (Å²) in [6, 6.07) is 0. The maximum Gasteiger partial charge on any atom is 0.234 e. The molecule has 1 atom stereocenters. The Morgan fingerprint density at radius 3 is 2.80 bits per heavy atom. The topological polar surface area (TPSA) is 46.2 Å². The van der Waals surface area contributed by atoms with E-state index in [1.807, 2.05) is 19.1 Å². The van der Waals surface area contributed by atoms with E-state index in [0.717, 1.165) is 5.57 Å². The van der Waals surface area contributed by atoms with Crippen LogP contribution in [0.25, 0.3) is 0 Å². The van der Waals surface area contributed by atoms with Crippen molar-refractivity contribution in [1.82, 2.24) is 5.32 Å². The summed E-state index contributed by atoms with van der Waals surface area (Å²) < 4.78 is 0. The first kappa shape index (κ1) is 11.4. The smallest absolute Gasteiger partial charge is 0.234 e. The van der Waals surface area contributed by atoms with E-state index in [2.05, 4.69) is 11.9 Å². The van der Waals surface area contributed by atoms with Crippen molar-refractivity contribution in [1.29, 1.82) is 0 Å². The number of carbonyl (C=O) groups is 2. The van der Waals surface area contributed by atoms with Gasteiger partial charge in [-0.05, 0) is 18.9 Å². The summed E-state index contributed by atoms with van der Waals surface area (Å²) in [7, 11) is 0. The predicted octanol–water partition coefficient (Wildman–Crippen LogP) is 1.73. The van der Waals surface area contributed by atoms with Gasteiger partial charge in [-0.3, -0.25) is 14.9 Å². The number of hydrogen-bond acceptors (Lipinski definition) is 2. The summed E-state index contributed by atoms with van der Waals surface area (Å²) >= 11 is 0. The van der Waals surface area contributed by atoms with Gasteiger partial charge >= 0.3 is 0 Å². The first-order valence-electron chi connectivity index (χ1n) is 4.98. The molecule has 80 valence electrons. The van der Waals surface area contributed by atoms with E-state index >= 15 is 0 Å². The molecule has 15 heavy (non-hydrogen) atoms. The Labute approximate surface area is 89.6 Å². The van der Waals surface area contributed by atoms with Crippen molar-refractivity contribution in [2.75, 3.05) is 0 Å². The Hall–Kier alpha value is -1.64. The van der Waals surface area contributed by atoms with E-state index in [1.165, 1.54) is 0 Å². The lowest BCUT2D eigenvalue weighted by atomic mass is 9.89. The van der Waals surface area contributed by atoms with Gasteiger partial charge in [0.2, 0.25) is 11.8 Å². The van der Waals surface area contributed by atoms with Gasteiger partial charge in [-0.25, -0.2) is 0 Å². The Bertz CT molecular complexity index is 340. The fourth-order valence-corrected chi connectivity index (χ4v) is 1.63. The number of rotatable bonds is 3. The van der Waals surface area contributed by atoms with Crippen LogP contribution in [-0.4, -0.2) is 11.8 Å². The molecule has 3 heteroatoms. The van der Waals surface area contributed by atoms with E-state index < -0.39 is 0 Å². The number of piperidine rings is 1. The lowest BCUT2D eigenvalue weighted by Crippen LogP contribution is -2.41. The molecule has 0 saturated carbocycles. The van der Waals surface area contributed by atoms with E-state index in [1.54, 1.807) is 12.2 Å². The molecule has 1 heterocycles. The molecule has 1 fully saturated rings. The van der Waals surface area contributed by atoms with Gasteiger partial charge in [0.15, 0.2) is 0 Å².